The van der Waals surface area contributed by atoms with Gasteiger partial charge in [-0.1, -0.05) is 5.92 Å². The number of carbonyl (C=O) groups is 1. The van der Waals surface area contributed by atoms with Crippen LogP contribution in [-0.4, -0.2) is 25.7 Å². The highest BCUT2D eigenvalue weighted by Crippen LogP contribution is 2.15. The van der Waals surface area contributed by atoms with Gasteiger partial charge in [0.1, 0.15) is 0 Å². The average molecular weight is 181 g/mol. The summed E-state index contributed by atoms with van der Waals surface area (Å²) in [5.74, 6) is 6.01. The molecule has 0 aliphatic carbocycles. The third-order valence-corrected chi connectivity index (χ3v) is 2.05. The van der Waals surface area contributed by atoms with Crippen molar-refractivity contribution in [1.29, 1.82) is 0 Å². The first-order chi connectivity index (χ1) is 6.33. The zero-order valence-corrected chi connectivity index (χ0v) is 7.93. The molecular weight excluding hydrogens is 166 g/mol. The Balaban J connectivity index is 2.11. The summed E-state index contributed by atoms with van der Waals surface area (Å²) < 4.78 is 5.18. The summed E-state index contributed by atoms with van der Waals surface area (Å²) in [6, 6.07) is 0. The van der Waals surface area contributed by atoms with Crippen molar-refractivity contribution in [2.45, 2.75) is 19.8 Å². The number of nitrogens with one attached hydrogen (secondary N) is 1. The standard InChI is InChI=1S/C10H15NO2/c1-2-3-5-11-10(12)7-9-4-6-13-8-9/h9H,4-8H2,1H3,(H,11,12)/t9-/m1/s1. The summed E-state index contributed by atoms with van der Waals surface area (Å²) in [7, 11) is 0. The lowest BCUT2D eigenvalue weighted by Crippen LogP contribution is -2.25. The SMILES string of the molecule is CC#CCNC(=O)C[C@H]1CCOC1. The molecule has 1 aliphatic heterocycles. The Morgan fingerprint density at radius 3 is 3.15 bits per heavy atom. The van der Waals surface area contributed by atoms with Crippen molar-refractivity contribution in [2.24, 2.45) is 5.92 Å². The molecular formula is C10H15NO2. The van der Waals surface area contributed by atoms with Crippen LogP contribution in [0.25, 0.3) is 0 Å². The van der Waals surface area contributed by atoms with E-state index < -0.39 is 0 Å². The van der Waals surface area contributed by atoms with Gasteiger partial charge in [-0.3, -0.25) is 4.79 Å². The molecule has 0 aromatic heterocycles. The van der Waals surface area contributed by atoms with Crippen LogP contribution in [0.3, 0.4) is 0 Å². The van der Waals surface area contributed by atoms with E-state index in [0.29, 0.717) is 18.9 Å². The van der Waals surface area contributed by atoms with Crippen LogP contribution in [0.4, 0.5) is 0 Å². The molecule has 1 atom stereocenters. The minimum Gasteiger partial charge on any atom is -0.381 e. The third kappa shape index (κ3) is 3.95. The molecule has 0 radical (unpaired) electrons. The molecule has 0 unspecified atom stereocenters. The van der Waals surface area contributed by atoms with Crippen molar-refractivity contribution in [3.8, 4) is 11.8 Å². The minimum absolute atomic E-state index is 0.0817. The first-order valence-electron chi connectivity index (χ1n) is 4.57. The van der Waals surface area contributed by atoms with Gasteiger partial charge in [0, 0.05) is 19.6 Å². The average Bonchev–Trinajstić information content (AvgIpc) is 2.57. The molecule has 0 bridgehead atoms. The Labute approximate surface area is 78.8 Å². The predicted octanol–water partition coefficient (Wildman–Crippen LogP) is 0.552. The quantitative estimate of drug-likeness (QED) is 0.646. The molecule has 0 spiro atoms. The van der Waals surface area contributed by atoms with Crippen LogP contribution in [0.1, 0.15) is 19.8 Å². The monoisotopic (exact) mass is 181 g/mol. The molecule has 1 amide bonds. The maximum atomic E-state index is 11.2. The van der Waals surface area contributed by atoms with Crippen molar-refractivity contribution < 1.29 is 9.53 Å². The number of ether oxygens (including phenoxy) is 1. The van der Waals surface area contributed by atoms with Crippen LogP contribution < -0.4 is 5.32 Å². The highest BCUT2D eigenvalue weighted by molar-refractivity contribution is 5.76. The first kappa shape index (κ1) is 10.1. The smallest absolute Gasteiger partial charge is 0.221 e. The normalized spacial score (nSPS) is 20.5. The van der Waals surface area contributed by atoms with Crippen LogP contribution in [-0.2, 0) is 9.53 Å². The Bertz CT molecular complexity index is 221. The van der Waals surface area contributed by atoms with Crippen molar-refractivity contribution in [2.75, 3.05) is 19.8 Å². The number of carbonyl (C=O) groups excluding carboxylic acids is 1. The predicted molar refractivity (Wildman–Crippen MR) is 50.0 cm³/mol. The van der Waals surface area contributed by atoms with Gasteiger partial charge in [0.25, 0.3) is 0 Å². The Morgan fingerprint density at radius 1 is 1.69 bits per heavy atom. The Morgan fingerprint density at radius 2 is 2.54 bits per heavy atom. The molecule has 1 rings (SSSR count). The number of amides is 1. The van der Waals surface area contributed by atoms with Gasteiger partial charge < -0.3 is 10.1 Å². The molecule has 0 aromatic rings. The Kier molecular flexibility index (Phi) is 4.34. The summed E-state index contributed by atoms with van der Waals surface area (Å²) in [4.78, 5) is 11.2. The second-order valence-corrected chi connectivity index (χ2v) is 3.14. The summed E-state index contributed by atoms with van der Waals surface area (Å²) in [6.07, 6.45) is 1.58. The van der Waals surface area contributed by atoms with Crippen LogP contribution >= 0.6 is 0 Å². The van der Waals surface area contributed by atoms with Crippen LogP contribution in [0.2, 0.25) is 0 Å². The fraction of sp³-hybridized carbons (Fsp3) is 0.700. The summed E-state index contributed by atoms with van der Waals surface area (Å²) in [5.41, 5.74) is 0. The van der Waals surface area contributed by atoms with Gasteiger partial charge in [0.15, 0.2) is 0 Å². The van der Waals surface area contributed by atoms with E-state index in [1.807, 2.05) is 0 Å². The molecule has 1 saturated heterocycles. The van der Waals surface area contributed by atoms with E-state index in [4.69, 9.17) is 4.74 Å². The molecule has 0 aromatic carbocycles. The fourth-order valence-corrected chi connectivity index (χ4v) is 1.31. The minimum atomic E-state index is 0.0817. The molecule has 1 heterocycles. The van der Waals surface area contributed by atoms with E-state index in [9.17, 15) is 4.79 Å². The largest absolute Gasteiger partial charge is 0.381 e. The lowest BCUT2D eigenvalue weighted by molar-refractivity contribution is -0.121. The fourth-order valence-electron chi connectivity index (χ4n) is 1.31. The molecule has 3 nitrogen and oxygen atoms in total. The van der Waals surface area contributed by atoms with E-state index in [0.717, 1.165) is 19.6 Å². The molecule has 0 saturated carbocycles. The zero-order valence-electron chi connectivity index (χ0n) is 7.93. The maximum absolute atomic E-state index is 11.2. The van der Waals surface area contributed by atoms with Crippen LogP contribution in [0.15, 0.2) is 0 Å². The Hall–Kier alpha value is -1.01. The van der Waals surface area contributed by atoms with Crippen molar-refractivity contribution in [1.82, 2.24) is 5.32 Å². The van der Waals surface area contributed by atoms with Gasteiger partial charge in [-0.2, -0.15) is 0 Å². The highest BCUT2D eigenvalue weighted by Gasteiger charge is 2.18. The highest BCUT2D eigenvalue weighted by atomic mass is 16.5. The van der Waals surface area contributed by atoms with E-state index in [2.05, 4.69) is 17.2 Å². The lowest BCUT2D eigenvalue weighted by Gasteiger charge is -2.05. The van der Waals surface area contributed by atoms with E-state index in [1.54, 1.807) is 6.92 Å². The van der Waals surface area contributed by atoms with Gasteiger partial charge in [-0.05, 0) is 19.3 Å². The van der Waals surface area contributed by atoms with E-state index in [-0.39, 0.29) is 5.91 Å². The molecule has 1 N–H and O–H groups in total. The molecule has 13 heavy (non-hydrogen) atoms. The van der Waals surface area contributed by atoms with Crippen molar-refractivity contribution in [3.05, 3.63) is 0 Å². The first-order valence-corrected chi connectivity index (χ1v) is 4.57. The molecule has 1 fully saturated rings. The van der Waals surface area contributed by atoms with Crippen molar-refractivity contribution >= 4 is 5.91 Å². The summed E-state index contributed by atoms with van der Waals surface area (Å²) in [6.45, 7) is 3.75. The molecule has 1 aliphatic rings. The van der Waals surface area contributed by atoms with Gasteiger partial charge in [-0.25, -0.2) is 0 Å². The van der Waals surface area contributed by atoms with Gasteiger partial charge in [0.2, 0.25) is 5.91 Å². The zero-order chi connectivity index (χ0) is 9.52. The second kappa shape index (κ2) is 5.60. The second-order valence-electron chi connectivity index (χ2n) is 3.14. The lowest BCUT2D eigenvalue weighted by atomic mass is 10.1. The van der Waals surface area contributed by atoms with Gasteiger partial charge >= 0.3 is 0 Å². The van der Waals surface area contributed by atoms with E-state index in [1.165, 1.54) is 0 Å². The number of hydrogen-bond acceptors (Lipinski definition) is 2. The van der Waals surface area contributed by atoms with Crippen LogP contribution in [0, 0.1) is 17.8 Å². The summed E-state index contributed by atoms with van der Waals surface area (Å²) in [5, 5.41) is 2.74. The third-order valence-electron chi connectivity index (χ3n) is 2.05. The maximum Gasteiger partial charge on any atom is 0.221 e. The summed E-state index contributed by atoms with van der Waals surface area (Å²) >= 11 is 0. The molecule has 72 valence electrons. The van der Waals surface area contributed by atoms with Crippen molar-refractivity contribution in [3.63, 3.8) is 0 Å². The van der Waals surface area contributed by atoms with Gasteiger partial charge in [0.05, 0.1) is 6.54 Å². The van der Waals surface area contributed by atoms with Gasteiger partial charge in [-0.15, -0.1) is 5.92 Å². The molecule has 3 heteroatoms. The van der Waals surface area contributed by atoms with Crippen LogP contribution in [0.5, 0.6) is 0 Å². The topological polar surface area (TPSA) is 38.3 Å². The number of hydrogen-bond donors (Lipinski definition) is 1. The number of rotatable bonds is 3. The van der Waals surface area contributed by atoms with E-state index >= 15 is 0 Å².